The first-order valence-corrected chi connectivity index (χ1v) is 5.83. The van der Waals surface area contributed by atoms with E-state index in [1.54, 1.807) is 0 Å². The van der Waals surface area contributed by atoms with E-state index in [0.717, 1.165) is 0 Å². The van der Waals surface area contributed by atoms with Crippen LogP contribution in [0.15, 0.2) is 36.4 Å². The Morgan fingerprint density at radius 3 is 0.667 bits per heavy atom. The van der Waals surface area contributed by atoms with Crippen LogP contribution in [0.25, 0.3) is 0 Å². The van der Waals surface area contributed by atoms with Gasteiger partial charge in [-0.3, -0.25) is 0 Å². The Kier molecular flexibility index (Phi) is 60.1. The topological polar surface area (TPSA) is 0 Å². The van der Waals surface area contributed by atoms with Gasteiger partial charge in [-0.2, -0.15) is 0 Å². The van der Waals surface area contributed by atoms with Crippen molar-refractivity contribution in [1.82, 2.24) is 0 Å². The Morgan fingerprint density at radius 2 is 0.600 bits per heavy atom. The fourth-order valence-electron chi connectivity index (χ4n) is 0.385. The zero-order valence-electron chi connectivity index (χ0n) is 10.9. The molecule has 0 nitrogen and oxygen atoms in total. The van der Waals surface area contributed by atoms with E-state index in [1.807, 2.05) is 50.2 Å². The molecule has 0 bridgehead atoms. The summed E-state index contributed by atoms with van der Waals surface area (Å²) in [5, 5.41) is 0. The summed E-state index contributed by atoms with van der Waals surface area (Å²) in [5.41, 5.74) is 0. The van der Waals surface area contributed by atoms with Crippen LogP contribution in [0.4, 0.5) is 0 Å². The van der Waals surface area contributed by atoms with Gasteiger partial charge >= 0.3 is 0 Å². The van der Waals surface area contributed by atoms with Gasteiger partial charge in [0.15, 0.2) is 0 Å². The van der Waals surface area contributed by atoms with Crippen LogP contribution in [-0.4, -0.2) is 0 Å². The summed E-state index contributed by atoms with van der Waals surface area (Å²) in [6.07, 6.45) is 2.50. The minimum Gasteiger partial charge on any atom is -0.0776 e. The Balaban J connectivity index is -0.0000000592. The van der Waals surface area contributed by atoms with Crippen molar-refractivity contribution in [1.29, 1.82) is 0 Å². The van der Waals surface area contributed by atoms with Crippen molar-refractivity contribution in [3.8, 4) is 0 Å². The van der Waals surface area contributed by atoms with E-state index >= 15 is 0 Å². The molecule has 15 heavy (non-hydrogen) atoms. The highest BCUT2D eigenvalue weighted by Crippen LogP contribution is 1.79. The summed E-state index contributed by atoms with van der Waals surface area (Å²) in [6.45, 7) is 12.5. The van der Waals surface area contributed by atoms with E-state index < -0.39 is 0 Å². The number of hydrogen-bond donors (Lipinski definition) is 0. The molecule has 0 heteroatoms. The third-order valence-corrected chi connectivity index (χ3v) is 0.667. The van der Waals surface area contributed by atoms with Crippen LogP contribution in [0.1, 0.15) is 61.8 Å². The molecule has 0 atom stereocenters. The van der Waals surface area contributed by atoms with Crippen LogP contribution in [0.5, 0.6) is 0 Å². The smallest absolute Gasteiger partial charge is 0.0590 e. The molecule has 1 aromatic carbocycles. The zero-order chi connectivity index (χ0) is 11.7. The second kappa shape index (κ2) is 37.9. The molecule has 0 amide bonds. The van der Waals surface area contributed by atoms with Crippen LogP contribution in [0.3, 0.4) is 0 Å². The molecule has 0 aliphatic carbocycles. The van der Waals surface area contributed by atoms with Crippen molar-refractivity contribution in [2.24, 2.45) is 0 Å². The highest BCUT2D eigenvalue weighted by atomic mass is 13.6. The maximum absolute atomic E-state index is 2.12. The molecular formula is C15H32. The van der Waals surface area contributed by atoms with Crippen molar-refractivity contribution in [2.45, 2.75) is 61.8 Å². The fourth-order valence-corrected chi connectivity index (χ4v) is 0.385. The maximum Gasteiger partial charge on any atom is -0.0590 e. The third-order valence-electron chi connectivity index (χ3n) is 0.667. The predicted octanol–water partition coefficient (Wildman–Crippen LogP) is 6.18. The Hall–Kier alpha value is -0.780. The first-order valence-electron chi connectivity index (χ1n) is 5.83. The zero-order valence-corrected chi connectivity index (χ0v) is 10.9. The minimum atomic E-state index is 0. The molecule has 1 aromatic rings. The molecule has 0 saturated heterocycles. The molecule has 92 valence electrons. The SMILES string of the molecule is C.CC.CCC.CCC.c1ccccc1. The summed E-state index contributed by atoms with van der Waals surface area (Å²) in [6, 6.07) is 12.0. The summed E-state index contributed by atoms with van der Waals surface area (Å²) >= 11 is 0. The van der Waals surface area contributed by atoms with Gasteiger partial charge in [-0.25, -0.2) is 0 Å². The van der Waals surface area contributed by atoms with Crippen molar-refractivity contribution < 1.29 is 0 Å². The lowest BCUT2D eigenvalue weighted by Gasteiger charge is -1.69. The number of hydrogen-bond acceptors (Lipinski definition) is 0. The predicted molar refractivity (Wildman–Crippen MR) is 76.5 cm³/mol. The van der Waals surface area contributed by atoms with Crippen molar-refractivity contribution in [2.75, 3.05) is 0 Å². The second-order valence-corrected chi connectivity index (χ2v) is 2.57. The summed E-state index contributed by atoms with van der Waals surface area (Å²) in [5.74, 6) is 0. The molecule has 0 N–H and O–H groups in total. The highest BCUT2D eigenvalue weighted by Gasteiger charge is 1.57. The van der Waals surface area contributed by atoms with Gasteiger partial charge in [-0.1, -0.05) is 98.2 Å². The molecule has 0 aliphatic rings. The lowest BCUT2D eigenvalue weighted by Crippen LogP contribution is -1.47. The van der Waals surface area contributed by atoms with Gasteiger partial charge in [0.2, 0.25) is 0 Å². The molecule has 0 spiro atoms. The molecule has 0 saturated carbocycles. The van der Waals surface area contributed by atoms with Gasteiger partial charge in [0.1, 0.15) is 0 Å². The van der Waals surface area contributed by atoms with E-state index in [2.05, 4.69) is 27.7 Å². The highest BCUT2D eigenvalue weighted by molar-refractivity contribution is 4.99. The summed E-state index contributed by atoms with van der Waals surface area (Å²) < 4.78 is 0. The van der Waals surface area contributed by atoms with Crippen LogP contribution in [0, 0.1) is 0 Å². The Morgan fingerprint density at radius 1 is 0.533 bits per heavy atom. The lowest BCUT2D eigenvalue weighted by atomic mass is 10.4. The van der Waals surface area contributed by atoms with E-state index in [-0.39, 0.29) is 7.43 Å². The third kappa shape index (κ3) is 61.1. The standard InChI is InChI=1S/C6H6.2C3H8.C2H6.CH4/c1-2-4-6-5-3-1;2*1-3-2;1-2;/h1-6H;2*3H2,1-2H3;1-2H3;1H4. The van der Waals surface area contributed by atoms with Crippen LogP contribution >= 0.6 is 0 Å². The van der Waals surface area contributed by atoms with Gasteiger partial charge in [0.25, 0.3) is 0 Å². The number of benzene rings is 1. The van der Waals surface area contributed by atoms with E-state index in [4.69, 9.17) is 0 Å². The fraction of sp³-hybridized carbons (Fsp3) is 0.600. The summed E-state index contributed by atoms with van der Waals surface area (Å²) in [4.78, 5) is 0. The number of rotatable bonds is 0. The second-order valence-electron chi connectivity index (χ2n) is 2.57. The molecule has 0 heterocycles. The normalized spacial score (nSPS) is 6.00. The van der Waals surface area contributed by atoms with E-state index in [0.29, 0.717) is 0 Å². The maximum atomic E-state index is 2.12. The van der Waals surface area contributed by atoms with E-state index in [1.165, 1.54) is 12.8 Å². The van der Waals surface area contributed by atoms with Crippen LogP contribution < -0.4 is 0 Å². The van der Waals surface area contributed by atoms with Crippen LogP contribution in [-0.2, 0) is 0 Å². The largest absolute Gasteiger partial charge is 0.0776 e. The van der Waals surface area contributed by atoms with Gasteiger partial charge in [-0.05, 0) is 0 Å². The van der Waals surface area contributed by atoms with Gasteiger partial charge < -0.3 is 0 Å². The average molecular weight is 212 g/mol. The Labute approximate surface area is 98.7 Å². The van der Waals surface area contributed by atoms with Gasteiger partial charge in [0.05, 0.1) is 0 Å². The molecular weight excluding hydrogens is 180 g/mol. The molecule has 0 aromatic heterocycles. The monoisotopic (exact) mass is 212 g/mol. The molecule has 0 fully saturated rings. The lowest BCUT2D eigenvalue weighted by molar-refractivity contribution is 1.09. The molecule has 0 radical (unpaired) electrons. The molecule has 0 unspecified atom stereocenters. The van der Waals surface area contributed by atoms with E-state index in [9.17, 15) is 0 Å². The van der Waals surface area contributed by atoms with Crippen molar-refractivity contribution in [3.63, 3.8) is 0 Å². The summed E-state index contributed by atoms with van der Waals surface area (Å²) in [7, 11) is 0. The first-order chi connectivity index (χ1) is 6.83. The minimum absolute atomic E-state index is 0. The van der Waals surface area contributed by atoms with Crippen LogP contribution in [0.2, 0.25) is 0 Å². The first kappa shape index (κ1) is 23.8. The Bertz CT molecular complexity index is 92.0. The molecule has 0 aliphatic heterocycles. The quantitative estimate of drug-likeness (QED) is 0.481. The van der Waals surface area contributed by atoms with Crippen molar-refractivity contribution in [3.05, 3.63) is 36.4 Å². The average Bonchev–Trinajstić information content (AvgIpc) is 2.26. The van der Waals surface area contributed by atoms with Gasteiger partial charge in [0, 0.05) is 0 Å². The van der Waals surface area contributed by atoms with Crippen molar-refractivity contribution >= 4 is 0 Å². The molecule has 1 rings (SSSR count). The van der Waals surface area contributed by atoms with Gasteiger partial charge in [-0.15, -0.1) is 0 Å².